The topological polar surface area (TPSA) is 46.2 Å². The van der Waals surface area contributed by atoms with Gasteiger partial charge in [-0.25, -0.2) is 0 Å². The van der Waals surface area contributed by atoms with E-state index in [0.717, 1.165) is 35.4 Å². The van der Waals surface area contributed by atoms with Gasteiger partial charge in [0.25, 0.3) is 0 Å². The lowest BCUT2D eigenvalue weighted by Crippen LogP contribution is -2.38. The van der Waals surface area contributed by atoms with Crippen LogP contribution in [-0.2, 0) is 12.0 Å². The van der Waals surface area contributed by atoms with E-state index in [9.17, 15) is 5.11 Å². The average Bonchev–Trinajstić information content (AvgIpc) is 2.20. The fourth-order valence-electron chi connectivity index (χ4n) is 2.15. The summed E-state index contributed by atoms with van der Waals surface area (Å²) in [5, 5.41) is 11.0. The Morgan fingerprint density at radius 3 is 3.00 bits per heavy atom. The van der Waals surface area contributed by atoms with E-state index in [-0.39, 0.29) is 6.54 Å². The van der Waals surface area contributed by atoms with Gasteiger partial charge >= 0.3 is 0 Å². The number of fused-ring (bicyclic) bond motifs is 1. The molecule has 0 amide bonds. The van der Waals surface area contributed by atoms with Crippen LogP contribution >= 0.6 is 11.6 Å². The second-order valence-electron chi connectivity index (χ2n) is 3.86. The summed E-state index contributed by atoms with van der Waals surface area (Å²) >= 11 is 6.07. The molecular formula is C11H14ClNO. The Morgan fingerprint density at radius 2 is 2.29 bits per heavy atom. The zero-order chi connectivity index (χ0) is 10.2. The lowest BCUT2D eigenvalue weighted by Gasteiger charge is -2.33. The van der Waals surface area contributed by atoms with Gasteiger partial charge in [-0.05, 0) is 36.5 Å². The lowest BCUT2D eigenvalue weighted by molar-refractivity contribution is 0.0280. The number of hydrogen-bond donors (Lipinski definition) is 2. The standard InChI is InChI=1S/C11H14ClNO/c12-10-5-1-4-9-8(10)3-2-6-11(9,14)7-13/h1,4-5,14H,2-3,6-7,13H2. The van der Waals surface area contributed by atoms with Crippen LogP contribution in [0.2, 0.25) is 5.02 Å². The van der Waals surface area contributed by atoms with Gasteiger partial charge in [0.05, 0.1) is 0 Å². The summed E-state index contributed by atoms with van der Waals surface area (Å²) in [7, 11) is 0. The fraction of sp³-hybridized carbons (Fsp3) is 0.455. The van der Waals surface area contributed by atoms with Crippen LogP contribution in [-0.4, -0.2) is 11.7 Å². The molecule has 3 heteroatoms. The number of benzene rings is 1. The Labute approximate surface area is 88.7 Å². The van der Waals surface area contributed by atoms with E-state index < -0.39 is 5.60 Å². The van der Waals surface area contributed by atoms with Gasteiger partial charge < -0.3 is 10.8 Å². The molecule has 0 spiro atoms. The van der Waals surface area contributed by atoms with Crippen LogP contribution in [0.4, 0.5) is 0 Å². The summed E-state index contributed by atoms with van der Waals surface area (Å²) in [6.45, 7) is 0.264. The van der Waals surface area contributed by atoms with E-state index in [4.69, 9.17) is 17.3 Å². The van der Waals surface area contributed by atoms with Crippen molar-refractivity contribution < 1.29 is 5.11 Å². The molecule has 3 N–H and O–H groups in total. The Kier molecular flexibility index (Phi) is 2.52. The van der Waals surface area contributed by atoms with Crippen molar-refractivity contribution in [2.75, 3.05) is 6.54 Å². The van der Waals surface area contributed by atoms with Gasteiger partial charge in [0, 0.05) is 11.6 Å². The molecule has 0 saturated carbocycles. The van der Waals surface area contributed by atoms with Gasteiger partial charge in [-0.3, -0.25) is 0 Å². The van der Waals surface area contributed by atoms with Crippen LogP contribution < -0.4 is 5.73 Å². The van der Waals surface area contributed by atoms with E-state index in [2.05, 4.69) is 0 Å². The summed E-state index contributed by atoms with van der Waals surface area (Å²) < 4.78 is 0. The highest BCUT2D eigenvalue weighted by molar-refractivity contribution is 6.31. The van der Waals surface area contributed by atoms with Gasteiger partial charge in [0.2, 0.25) is 0 Å². The normalized spacial score (nSPS) is 25.9. The van der Waals surface area contributed by atoms with Crippen LogP contribution in [0.1, 0.15) is 24.0 Å². The molecule has 0 aliphatic heterocycles. The maximum absolute atomic E-state index is 10.3. The zero-order valence-electron chi connectivity index (χ0n) is 7.96. The molecule has 0 fully saturated rings. The molecule has 76 valence electrons. The van der Waals surface area contributed by atoms with Crippen LogP contribution in [0, 0.1) is 0 Å². The van der Waals surface area contributed by atoms with Crippen molar-refractivity contribution in [3.05, 3.63) is 34.3 Å². The first kappa shape index (κ1) is 9.97. The van der Waals surface area contributed by atoms with Crippen LogP contribution in [0.15, 0.2) is 18.2 Å². The van der Waals surface area contributed by atoms with Crippen LogP contribution in [0.3, 0.4) is 0 Å². The first-order valence-electron chi connectivity index (χ1n) is 4.88. The first-order valence-corrected chi connectivity index (χ1v) is 5.25. The lowest BCUT2D eigenvalue weighted by atomic mass is 9.79. The van der Waals surface area contributed by atoms with E-state index in [1.165, 1.54) is 0 Å². The molecule has 2 rings (SSSR count). The second kappa shape index (κ2) is 3.54. The maximum atomic E-state index is 10.3. The minimum atomic E-state index is -0.863. The van der Waals surface area contributed by atoms with Crippen molar-refractivity contribution >= 4 is 11.6 Å². The summed E-state index contributed by atoms with van der Waals surface area (Å²) in [4.78, 5) is 0. The second-order valence-corrected chi connectivity index (χ2v) is 4.26. The quantitative estimate of drug-likeness (QED) is 0.745. The molecule has 0 heterocycles. The minimum absolute atomic E-state index is 0.264. The van der Waals surface area contributed by atoms with Gasteiger partial charge in [-0.1, -0.05) is 23.7 Å². The highest BCUT2D eigenvalue weighted by Crippen LogP contribution is 2.37. The van der Waals surface area contributed by atoms with Crippen molar-refractivity contribution in [2.24, 2.45) is 5.73 Å². The molecule has 0 saturated heterocycles. The maximum Gasteiger partial charge on any atom is 0.102 e. The molecule has 1 atom stereocenters. The monoisotopic (exact) mass is 211 g/mol. The Hall–Kier alpha value is -0.570. The highest BCUT2D eigenvalue weighted by atomic mass is 35.5. The van der Waals surface area contributed by atoms with Gasteiger partial charge in [0.1, 0.15) is 5.60 Å². The van der Waals surface area contributed by atoms with Gasteiger partial charge in [-0.15, -0.1) is 0 Å². The Bertz CT molecular complexity index is 353. The van der Waals surface area contributed by atoms with Gasteiger partial charge in [0.15, 0.2) is 0 Å². The molecule has 1 aliphatic carbocycles. The summed E-state index contributed by atoms with van der Waals surface area (Å²) in [6.07, 6.45) is 2.62. The van der Waals surface area contributed by atoms with Crippen molar-refractivity contribution in [1.29, 1.82) is 0 Å². The van der Waals surface area contributed by atoms with Crippen molar-refractivity contribution in [2.45, 2.75) is 24.9 Å². The molecule has 1 unspecified atom stereocenters. The molecule has 2 nitrogen and oxygen atoms in total. The molecule has 0 aromatic heterocycles. The van der Waals surface area contributed by atoms with Crippen LogP contribution in [0.25, 0.3) is 0 Å². The Morgan fingerprint density at radius 1 is 1.50 bits per heavy atom. The molecule has 14 heavy (non-hydrogen) atoms. The fourth-order valence-corrected chi connectivity index (χ4v) is 2.42. The largest absolute Gasteiger partial charge is 0.384 e. The molecule has 1 aliphatic rings. The summed E-state index contributed by atoms with van der Waals surface area (Å²) in [5.74, 6) is 0. The van der Waals surface area contributed by atoms with Crippen LogP contribution in [0.5, 0.6) is 0 Å². The Balaban J connectivity index is 2.55. The predicted octanol–water partition coefficient (Wildman–Crippen LogP) is 1.82. The average molecular weight is 212 g/mol. The van der Waals surface area contributed by atoms with Gasteiger partial charge in [-0.2, -0.15) is 0 Å². The van der Waals surface area contributed by atoms with E-state index in [1.54, 1.807) is 0 Å². The van der Waals surface area contributed by atoms with Crippen molar-refractivity contribution in [1.82, 2.24) is 0 Å². The third kappa shape index (κ3) is 1.44. The molecule has 1 aromatic rings. The van der Waals surface area contributed by atoms with E-state index in [1.807, 2.05) is 18.2 Å². The third-order valence-electron chi connectivity index (χ3n) is 2.98. The number of hydrogen-bond acceptors (Lipinski definition) is 2. The number of halogens is 1. The van der Waals surface area contributed by atoms with E-state index in [0.29, 0.717) is 0 Å². The summed E-state index contributed by atoms with van der Waals surface area (Å²) in [5.41, 5.74) is 6.73. The van der Waals surface area contributed by atoms with Crippen molar-refractivity contribution in [3.8, 4) is 0 Å². The molecule has 0 radical (unpaired) electrons. The van der Waals surface area contributed by atoms with Crippen molar-refractivity contribution in [3.63, 3.8) is 0 Å². The predicted molar refractivity (Wildman–Crippen MR) is 57.3 cm³/mol. The number of aliphatic hydroxyl groups is 1. The minimum Gasteiger partial charge on any atom is -0.384 e. The zero-order valence-corrected chi connectivity index (χ0v) is 8.72. The highest BCUT2D eigenvalue weighted by Gasteiger charge is 2.33. The molecular weight excluding hydrogens is 198 g/mol. The number of nitrogens with two attached hydrogens (primary N) is 1. The first-order chi connectivity index (χ1) is 6.67. The third-order valence-corrected chi connectivity index (χ3v) is 3.33. The van der Waals surface area contributed by atoms with E-state index >= 15 is 0 Å². The summed E-state index contributed by atoms with van der Waals surface area (Å²) in [6, 6.07) is 5.66. The molecule has 1 aromatic carbocycles. The smallest absolute Gasteiger partial charge is 0.102 e. The number of rotatable bonds is 1. The SMILES string of the molecule is NCC1(O)CCCc2c(Cl)cccc21. The molecule has 0 bridgehead atoms.